The molecule has 1 heterocycles. The van der Waals surface area contributed by atoms with E-state index in [9.17, 15) is 4.79 Å². The minimum Gasteiger partial charge on any atom is -0.325 e. The number of anilines is 1. The van der Waals surface area contributed by atoms with Crippen molar-refractivity contribution in [2.75, 3.05) is 11.1 Å². The van der Waals surface area contributed by atoms with Gasteiger partial charge < -0.3 is 5.32 Å². The minimum atomic E-state index is -0.0619. The van der Waals surface area contributed by atoms with Crippen molar-refractivity contribution >= 4 is 23.4 Å². The smallest absolute Gasteiger partial charge is 0.234 e. The molecule has 2 N–H and O–H groups in total. The lowest BCUT2D eigenvalue weighted by molar-refractivity contribution is -0.113. The molecule has 0 saturated heterocycles. The van der Waals surface area contributed by atoms with E-state index in [4.69, 9.17) is 0 Å². The van der Waals surface area contributed by atoms with Crippen LogP contribution < -0.4 is 5.32 Å². The van der Waals surface area contributed by atoms with Gasteiger partial charge in [0.2, 0.25) is 11.1 Å². The summed E-state index contributed by atoms with van der Waals surface area (Å²) in [5, 5.41) is 10.6. The molecule has 0 atom stereocenters. The highest BCUT2D eigenvalue weighted by molar-refractivity contribution is 7.99. The van der Waals surface area contributed by atoms with Crippen LogP contribution >= 0.6 is 11.8 Å². The molecule has 5 nitrogen and oxygen atoms in total. The molecule has 0 saturated carbocycles. The first kappa shape index (κ1) is 17.2. The minimum absolute atomic E-state index is 0.0619. The van der Waals surface area contributed by atoms with Crippen LogP contribution in [-0.2, 0) is 11.2 Å². The summed E-state index contributed by atoms with van der Waals surface area (Å²) < 4.78 is 0. The van der Waals surface area contributed by atoms with E-state index in [1.807, 2.05) is 62.4 Å². The molecule has 128 valence electrons. The third kappa shape index (κ3) is 4.70. The number of nitrogens with one attached hydrogen (secondary N) is 2. The molecule has 25 heavy (non-hydrogen) atoms. The van der Waals surface area contributed by atoms with Crippen LogP contribution in [0.1, 0.15) is 22.5 Å². The van der Waals surface area contributed by atoms with Gasteiger partial charge >= 0.3 is 0 Å². The maximum atomic E-state index is 12.1. The summed E-state index contributed by atoms with van der Waals surface area (Å²) in [6.45, 7) is 4.03. The van der Waals surface area contributed by atoms with Crippen molar-refractivity contribution in [2.45, 2.75) is 25.4 Å². The lowest BCUT2D eigenvalue weighted by atomic mass is 10.1. The second kappa shape index (κ2) is 7.98. The van der Waals surface area contributed by atoms with Crippen LogP contribution in [-0.4, -0.2) is 26.8 Å². The Morgan fingerprint density at radius 3 is 2.72 bits per heavy atom. The van der Waals surface area contributed by atoms with E-state index in [0.29, 0.717) is 11.6 Å². The quantitative estimate of drug-likeness (QED) is 0.663. The zero-order valence-electron chi connectivity index (χ0n) is 14.2. The molecule has 1 amide bonds. The van der Waals surface area contributed by atoms with Crippen molar-refractivity contribution < 1.29 is 4.79 Å². The first-order valence-electron chi connectivity index (χ1n) is 8.06. The van der Waals surface area contributed by atoms with Crippen molar-refractivity contribution in [2.24, 2.45) is 0 Å². The standard InChI is InChI=1S/C19H20N4OS/c1-13-7-6-10-16(14(13)2)20-18(24)12-25-19-21-17(22-23-19)11-15-8-4-3-5-9-15/h3-10H,11-12H2,1-2H3,(H,20,24)(H,21,22,23). The fourth-order valence-corrected chi connectivity index (χ4v) is 3.03. The molecule has 3 aromatic rings. The molecule has 2 aromatic carbocycles. The fraction of sp³-hybridized carbons (Fsp3) is 0.211. The summed E-state index contributed by atoms with van der Waals surface area (Å²) in [5.74, 6) is 1.01. The van der Waals surface area contributed by atoms with Crippen LogP contribution in [0.15, 0.2) is 53.7 Å². The summed E-state index contributed by atoms with van der Waals surface area (Å²) >= 11 is 1.32. The topological polar surface area (TPSA) is 70.7 Å². The number of aryl methyl sites for hydroxylation is 1. The average Bonchev–Trinajstić information content (AvgIpc) is 3.05. The zero-order chi connectivity index (χ0) is 17.6. The molecule has 0 aliphatic rings. The number of carbonyl (C=O) groups is 1. The molecular formula is C19H20N4OS. The number of hydrogen-bond donors (Lipinski definition) is 2. The van der Waals surface area contributed by atoms with Crippen LogP contribution in [0.3, 0.4) is 0 Å². The highest BCUT2D eigenvalue weighted by atomic mass is 32.2. The number of benzene rings is 2. The van der Waals surface area contributed by atoms with Gasteiger partial charge in [-0.2, -0.15) is 0 Å². The molecule has 0 fully saturated rings. The van der Waals surface area contributed by atoms with Crippen LogP contribution in [0.25, 0.3) is 0 Å². The van der Waals surface area contributed by atoms with Gasteiger partial charge in [-0.25, -0.2) is 4.98 Å². The molecule has 0 unspecified atom stereocenters. The molecule has 6 heteroatoms. The van der Waals surface area contributed by atoms with Crippen LogP contribution in [0.2, 0.25) is 0 Å². The SMILES string of the molecule is Cc1cccc(NC(=O)CSc2n[nH]c(Cc3ccccc3)n2)c1C. The van der Waals surface area contributed by atoms with E-state index in [1.165, 1.54) is 17.3 Å². The first-order chi connectivity index (χ1) is 12.1. The van der Waals surface area contributed by atoms with Gasteiger partial charge in [-0.3, -0.25) is 9.89 Å². The largest absolute Gasteiger partial charge is 0.325 e. The molecule has 0 bridgehead atoms. The second-order valence-electron chi connectivity index (χ2n) is 5.81. The van der Waals surface area contributed by atoms with Crippen molar-refractivity contribution in [3.63, 3.8) is 0 Å². The number of carbonyl (C=O) groups excluding carboxylic acids is 1. The summed E-state index contributed by atoms with van der Waals surface area (Å²) in [5.41, 5.74) is 4.27. The van der Waals surface area contributed by atoms with E-state index in [1.54, 1.807) is 0 Å². The molecule has 0 aliphatic heterocycles. The van der Waals surface area contributed by atoms with Gasteiger partial charge in [0.15, 0.2) is 0 Å². The number of rotatable bonds is 6. The van der Waals surface area contributed by atoms with Crippen molar-refractivity contribution in [3.8, 4) is 0 Å². The molecule has 0 aliphatic carbocycles. The van der Waals surface area contributed by atoms with E-state index in [0.717, 1.165) is 22.6 Å². The maximum absolute atomic E-state index is 12.1. The summed E-state index contributed by atoms with van der Waals surface area (Å²) in [6.07, 6.45) is 0.698. The second-order valence-corrected chi connectivity index (χ2v) is 6.75. The van der Waals surface area contributed by atoms with Gasteiger partial charge in [-0.1, -0.05) is 54.2 Å². The first-order valence-corrected chi connectivity index (χ1v) is 9.04. The van der Waals surface area contributed by atoms with Crippen LogP contribution in [0.5, 0.6) is 0 Å². The van der Waals surface area contributed by atoms with Crippen LogP contribution in [0.4, 0.5) is 5.69 Å². The summed E-state index contributed by atoms with van der Waals surface area (Å²) in [4.78, 5) is 16.6. The number of H-pyrrole nitrogens is 1. The van der Waals surface area contributed by atoms with E-state index < -0.39 is 0 Å². The van der Waals surface area contributed by atoms with E-state index in [2.05, 4.69) is 20.5 Å². The van der Waals surface area contributed by atoms with Gasteiger partial charge in [0, 0.05) is 12.1 Å². The van der Waals surface area contributed by atoms with Gasteiger partial charge in [-0.15, -0.1) is 5.10 Å². The number of amides is 1. The van der Waals surface area contributed by atoms with E-state index >= 15 is 0 Å². The Morgan fingerprint density at radius 1 is 1.12 bits per heavy atom. The van der Waals surface area contributed by atoms with E-state index in [-0.39, 0.29) is 11.7 Å². The molecule has 0 radical (unpaired) electrons. The van der Waals surface area contributed by atoms with Gasteiger partial charge in [-0.05, 0) is 36.6 Å². The van der Waals surface area contributed by atoms with Gasteiger partial charge in [0.05, 0.1) is 5.75 Å². The summed E-state index contributed by atoms with van der Waals surface area (Å²) in [7, 11) is 0. The number of nitrogens with zero attached hydrogens (tertiary/aromatic N) is 2. The Hall–Kier alpha value is -2.60. The lowest BCUT2D eigenvalue weighted by Gasteiger charge is -2.09. The molecule has 1 aromatic heterocycles. The molecule has 3 rings (SSSR count). The predicted octanol–water partition coefficient (Wildman–Crippen LogP) is 3.74. The average molecular weight is 352 g/mol. The van der Waals surface area contributed by atoms with Crippen molar-refractivity contribution in [1.29, 1.82) is 0 Å². The van der Waals surface area contributed by atoms with Gasteiger partial charge in [0.25, 0.3) is 0 Å². The lowest BCUT2D eigenvalue weighted by Crippen LogP contribution is -2.15. The van der Waals surface area contributed by atoms with Gasteiger partial charge in [0.1, 0.15) is 5.82 Å². The molecular weight excluding hydrogens is 332 g/mol. The Balaban J connectivity index is 1.53. The summed E-state index contributed by atoms with van der Waals surface area (Å²) in [6, 6.07) is 16.0. The number of aromatic nitrogens is 3. The normalized spacial score (nSPS) is 10.6. The number of aromatic amines is 1. The predicted molar refractivity (Wildman–Crippen MR) is 101 cm³/mol. The Labute approximate surface area is 151 Å². The van der Waals surface area contributed by atoms with Crippen LogP contribution in [0, 0.1) is 13.8 Å². The van der Waals surface area contributed by atoms with Crippen molar-refractivity contribution in [3.05, 3.63) is 71.0 Å². The fourth-order valence-electron chi connectivity index (χ4n) is 2.41. The third-order valence-corrected chi connectivity index (χ3v) is 4.78. The Kier molecular flexibility index (Phi) is 5.50. The molecule has 0 spiro atoms. The maximum Gasteiger partial charge on any atom is 0.234 e. The number of thioether (sulfide) groups is 1. The Bertz CT molecular complexity index is 861. The zero-order valence-corrected chi connectivity index (χ0v) is 15.1. The Morgan fingerprint density at radius 2 is 1.92 bits per heavy atom. The highest BCUT2D eigenvalue weighted by Crippen LogP contribution is 2.19. The third-order valence-electron chi connectivity index (χ3n) is 3.94. The highest BCUT2D eigenvalue weighted by Gasteiger charge is 2.10. The number of hydrogen-bond acceptors (Lipinski definition) is 4. The van der Waals surface area contributed by atoms with Crippen molar-refractivity contribution in [1.82, 2.24) is 15.2 Å². The monoisotopic (exact) mass is 352 g/mol.